The van der Waals surface area contributed by atoms with Crippen molar-refractivity contribution >= 4 is 17.5 Å². The molecule has 46 heavy (non-hydrogen) atoms. The first-order valence-electron chi connectivity index (χ1n) is 16.1. The average molecular weight is 620 g/mol. The summed E-state index contributed by atoms with van der Waals surface area (Å²) in [7, 11) is 4.09. The Morgan fingerprint density at radius 3 is 2.48 bits per heavy atom. The topological polar surface area (TPSA) is 69.2 Å². The fourth-order valence-electron chi connectivity index (χ4n) is 5.89. The number of carbonyl (C=O) groups is 2. The molecule has 1 aliphatic heterocycles. The van der Waals surface area contributed by atoms with Crippen LogP contribution < -0.4 is 9.64 Å². The van der Waals surface area contributed by atoms with Crippen molar-refractivity contribution in [3.63, 3.8) is 0 Å². The molecule has 0 saturated heterocycles. The summed E-state index contributed by atoms with van der Waals surface area (Å²) in [6.45, 7) is 6.92. The van der Waals surface area contributed by atoms with Crippen molar-refractivity contribution in [1.29, 1.82) is 0 Å². The van der Waals surface area contributed by atoms with Gasteiger partial charge in [-0.05, 0) is 85.6 Å². The smallest absolute Gasteiger partial charge is 0.254 e. The van der Waals surface area contributed by atoms with Gasteiger partial charge >= 0.3 is 0 Å². The van der Waals surface area contributed by atoms with Crippen LogP contribution in [0.1, 0.15) is 41.3 Å². The van der Waals surface area contributed by atoms with E-state index in [-0.39, 0.29) is 11.8 Å². The lowest BCUT2D eigenvalue weighted by Crippen LogP contribution is -2.38. The largest absolute Gasteiger partial charge is 0.494 e. The molecule has 0 unspecified atom stereocenters. The summed E-state index contributed by atoms with van der Waals surface area (Å²) >= 11 is 0. The summed E-state index contributed by atoms with van der Waals surface area (Å²) in [5.74, 6) is 0.612. The molecule has 5 rings (SSSR count). The monoisotopic (exact) mass is 619 g/mol. The Morgan fingerprint density at radius 1 is 0.870 bits per heavy atom. The van der Waals surface area contributed by atoms with Crippen molar-refractivity contribution in [2.24, 2.45) is 0 Å². The van der Waals surface area contributed by atoms with Crippen LogP contribution in [0.5, 0.6) is 5.75 Å². The predicted octanol–water partition coefficient (Wildman–Crippen LogP) is 5.98. The van der Waals surface area contributed by atoms with Gasteiger partial charge in [-0.2, -0.15) is 0 Å². The molecule has 8 nitrogen and oxygen atoms in total. The number of rotatable bonds is 9. The lowest BCUT2D eigenvalue weighted by Gasteiger charge is -2.28. The van der Waals surface area contributed by atoms with Crippen LogP contribution in [-0.4, -0.2) is 84.9 Å². The van der Waals surface area contributed by atoms with E-state index in [4.69, 9.17) is 4.74 Å². The van der Waals surface area contributed by atoms with Crippen molar-refractivity contribution in [3.8, 4) is 16.9 Å². The fourth-order valence-corrected chi connectivity index (χ4v) is 5.89. The van der Waals surface area contributed by atoms with E-state index in [1.54, 1.807) is 13.1 Å². The van der Waals surface area contributed by atoms with Crippen LogP contribution >= 0.6 is 0 Å². The van der Waals surface area contributed by atoms with E-state index in [1.165, 1.54) is 5.56 Å². The number of ether oxygens (including phenoxy) is 1. The number of amides is 2. The molecule has 1 aromatic heterocycles. The minimum atomic E-state index is -0.0650. The summed E-state index contributed by atoms with van der Waals surface area (Å²) in [6, 6.07) is 28.0. The van der Waals surface area contributed by atoms with Gasteiger partial charge in [-0.15, -0.1) is 0 Å². The molecule has 0 N–H and O–H groups in total. The van der Waals surface area contributed by atoms with Crippen molar-refractivity contribution in [2.75, 3.05) is 58.3 Å². The lowest BCUT2D eigenvalue weighted by atomic mass is 10.0. The lowest BCUT2D eigenvalue weighted by molar-refractivity contribution is -0.116. The van der Waals surface area contributed by atoms with Gasteiger partial charge in [0.05, 0.1) is 6.61 Å². The van der Waals surface area contributed by atoms with Gasteiger partial charge in [-0.25, -0.2) is 0 Å². The second-order valence-electron chi connectivity index (χ2n) is 12.1. The summed E-state index contributed by atoms with van der Waals surface area (Å²) in [5, 5.41) is 0. The second-order valence-corrected chi connectivity index (χ2v) is 12.1. The Hall–Kier alpha value is -4.53. The first-order valence-corrected chi connectivity index (χ1v) is 16.1. The molecule has 2 amide bonds. The number of nitrogens with zero attached hydrogens (tertiary/aromatic N) is 5. The van der Waals surface area contributed by atoms with E-state index in [2.05, 4.69) is 45.1 Å². The van der Waals surface area contributed by atoms with Crippen molar-refractivity contribution in [3.05, 3.63) is 114 Å². The van der Waals surface area contributed by atoms with Gasteiger partial charge in [-0.3, -0.25) is 19.5 Å². The van der Waals surface area contributed by atoms with Crippen LogP contribution in [-0.2, 0) is 17.9 Å². The molecule has 2 heterocycles. The number of fused-ring (bicyclic) bond motifs is 1. The maximum Gasteiger partial charge on any atom is 0.254 e. The average Bonchev–Trinajstić information content (AvgIpc) is 3.10. The molecule has 3 aromatic carbocycles. The molecule has 0 saturated carbocycles. The van der Waals surface area contributed by atoms with Gasteiger partial charge in [0.25, 0.3) is 5.91 Å². The number of carbonyl (C=O) groups excluding carboxylic acids is 2. The molecule has 4 aromatic rings. The molecule has 240 valence electrons. The highest BCUT2D eigenvalue weighted by atomic mass is 16.5. The zero-order valence-corrected chi connectivity index (χ0v) is 27.3. The SMILES string of the molecule is CC(=O)N1CCCN(Cc2ccccc2)CCN(C(=O)c2cccc(OCCCN(C)C)c2)Cc2cc(-c3cccnc3)ccc21. The van der Waals surface area contributed by atoms with Crippen molar-refractivity contribution in [1.82, 2.24) is 19.7 Å². The maximum absolute atomic E-state index is 14.3. The van der Waals surface area contributed by atoms with Crippen LogP contribution in [0, 0.1) is 0 Å². The first-order chi connectivity index (χ1) is 22.4. The molecule has 1 aliphatic rings. The van der Waals surface area contributed by atoms with Crippen molar-refractivity contribution in [2.45, 2.75) is 32.9 Å². The van der Waals surface area contributed by atoms with Crippen LogP contribution in [0.25, 0.3) is 11.1 Å². The van der Waals surface area contributed by atoms with Crippen LogP contribution in [0.4, 0.5) is 5.69 Å². The van der Waals surface area contributed by atoms with Gasteiger partial charge < -0.3 is 19.4 Å². The third kappa shape index (κ3) is 9.02. The zero-order valence-electron chi connectivity index (χ0n) is 27.3. The number of pyridine rings is 1. The minimum absolute atomic E-state index is 0.0128. The first kappa shape index (κ1) is 32.9. The highest BCUT2D eigenvalue weighted by Gasteiger charge is 2.24. The molecule has 0 atom stereocenters. The quantitative estimate of drug-likeness (QED) is 0.215. The fraction of sp³-hybridized carbons (Fsp3) is 0.342. The number of benzene rings is 3. The molecular formula is C38H45N5O3. The van der Waals surface area contributed by atoms with E-state index in [0.717, 1.165) is 54.9 Å². The summed E-state index contributed by atoms with van der Waals surface area (Å²) < 4.78 is 6.02. The Labute approximate surface area is 273 Å². The van der Waals surface area contributed by atoms with Gasteiger partial charge in [0.1, 0.15) is 5.75 Å². The second kappa shape index (κ2) is 16.2. The zero-order chi connectivity index (χ0) is 32.3. The highest BCUT2D eigenvalue weighted by Crippen LogP contribution is 2.30. The van der Waals surface area contributed by atoms with Crippen LogP contribution in [0.15, 0.2) is 97.3 Å². The minimum Gasteiger partial charge on any atom is -0.494 e. The number of hydrogen-bond acceptors (Lipinski definition) is 6. The number of aromatic nitrogens is 1. The Morgan fingerprint density at radius 2 is 1.72 bits per heavy atom. The number of hydrogen-bond donors (Lipinski definition) is 0. The summed E-state index contributed by atoms with van der Waals surface area (Å²) in [4.78, 5) is 40.0. The van der Waals surface area contributed by atoms with Crippen LogP contribution in [0.2, 0.25) is 0 Å². The van der Waals surface area contributed by atoms with E-state index < -0.39 is 0 Å². The molecule has 0 radical (unpaired) electrons. The van der Waals surface area contributed by atoms with Crippen molar-refractivity contribution < 1.29 is 14.3 Å². The molecule has 0 bridgehead atoms. The summed E-state index contributed by atoms with van der Waals surface area (Å²) in [5.41, 5.74) is 5.56. The van der Waals surface area contributed by atoms with E-state index in [9.17, 15) is 9.59 Å². The highest BCUT2D eigenvalue weighted by molar-refractivity contribution is 5.95. The molecule has 0 fully saturated rings. The van der Waals surface area contributed by atoms with E-state index in [1.807, 2.05) is 84.7 Å². The maximum atomic E-state index is 14.3. The van der Waals surface area contributed by atoms with Gasteiger partial charge in [0, 0.05) is 76.4 Å². The standard InChI is InChI=1S/C38H45N5O3/c1-30(44)43-21-9-20-41(28-31-11-5-4-6-12-31)22-23-42(29-35-25-32(16-17-37(35)43)34-14-8-18-39-27-34)38(45)33-13-7-15-36(26-33)46-24-10-19-40(2)3/h4-8,11-18,25-27H,9-10,19-24,28-29H2,1-3H3. The van der Waals surface area contributed by atoms with E-state index >= 15 is 0 Å². The van der Waals surface area contributed by atoms with Gasteiger partial charge in [0.15, 0.2) is 0 Å². The summed E-state index contributed by atoms with van der Waals surface area (Å²) in [6.07, 6.45) is 5.31. The molecular weight excluding hydrogens is 574 g/mol. The Kier molecular flexibility index (Phi) is 11.5. The Bertz CT molecular complexity index is 1580. The third-order valence-electron chi connectivity index (χ3n) is 8.28. The van der Waals surface area contributed by atoms with Gasteiger partial charge in [-0.1, -0.05) is 48.5 Å². The van der Waals surface area contributed by atoms with Gasteiger partial charge in [0.2, 0.25) is 5.91 Å². The van der Waals surface area contributed by atoms with E-state index in [0.29, 0.717) is 44.1 Å². The third-order valence-corrected chi connectivity index (χ3v) is 8.28. The molecule has 0 spiro atoms. The van der Waals surface area contributed by atoms with Crippen LogP contribution in [0.3, 0.4) is 0 Å². The predicted molar refractivity (Wildman–Crippen MR) is 184 cm³/mol. The number of anilines is 1. The molecule has 8 heteroatoms. The molecule has 0 aliphatic carbocycles. The Balaban J connectivity index is 1.48. The normalized spacial score (nSPS) is 14.4.